The van der Waals surface area contributed by atoms with Crippen molar-refractivity contribution in [1.82, 2.24) is 0 Å². The molecule has 8 heteroatoms. The van der Waals surface area contributed by atoms with Crippen molar-refractivity contribution in [3.05, 3.63) is 0 Å². The third-order valence-electron chi connectivity index (χ3n) is 10.9. The van der Waals surface area contributed by atoms with Gasteiger partial charge in [0.15, 0.2) is 0 Å². The lowest BCUT2D eigenvalue weighted by Crippen LogP contribution is -2.74. The number of hydrogen-bond acceptors (Lipinski definition) is 8. The molecule has 0 aromatic heterocycles. The van der Waals surface area contributed by atoms with Gasteiger partial charge in [-0.3, -0.25) is 0 Å². The van der Waals surface area contributed by atoms with E-state index in [1.807, 2.05) is 0 Å². The Kier molecular flexibility index (Phi) is 8.76. The molecule has 4 fully saturated rings. The molecule has 216 valence electrons. The first kappa shape index (κ1) is 29.7. The summed E-state index contributed by atoms with van der Waals surface area (Å²) in [5, 5.41) is 78.2. The van der Waals surface area contributed by atoms with Gasteiger partial charge in [-0.15, -0.1) is 0 Å². The molecule has 0 aliphatic heterocycles. The summed E-state index contributed by atoms with van der Waals surface area (Å²) in [6.07, 6.45) is -0.00246. The number of rotatable bonds is 6. The maximum Gasteiger partial charge on any atom is 0.120 e. The van der Waals surface area contributed by atoms with Gasteiger partial charge in [-0.05, 0) is 73.5 Å². The number of aliphatic hydroxyl groups excluding tert-OH is 6. The molecule has 8 nitrogen and oxygen atoms in total. The number of hydrogen-bond donors (Lipinski definition) is 8. The highest BCUT2D eigenvalue weighted by atomic mass is 16.4. The van der Waals surface area contributed by atoms with Gasteiger partial charge in [0, 0.05) is 11.8 Å². The second-order valence-electron chi connectivity index (χ2n) is 14.4. The van der Waals surface area contributed by atoms with Crippen LogP contribution in [0.4, 0.5) is 0 Å². The zero-order chi connectivity index (χ0) is 27.4. The maximum atomic E-state index is 11.8. The van der Waals surface area contributed by atoms with Crippen molar-refractivity contribution in [2.45, 2.75) is 128 Å². The third kappa shape index (κ3) is 5.26. The molecule has 0 amide bonds. The predicted molar refractivity (Wildman–Crippen MR) is 140 cm³/mol. The van der Waals surface area contributed by atoms with Gasteiger partial charge in [-0.2, -0.15) is 0 Å². The van der Waals surface area contributed by atoms with Gasteiger partial charge >= 0.3 is 0 Å². The summed E-state index contributed by atoms with van der Waals surface area (Å²) >= 11 is 0. The van der Waals surface area contributed by atoms with E-state index < -0.39 is 60.1 Å². The van der Waals surface area contributed by atoms with Crippen LogP contribution in [0.25, 0.3) is 0 Å². The zero-order valence-corrected chi connectivity index (χ0v) is 23.2. The van der Waals surface area contributed by atoms with Crippen LogP contribution in [0.15, 0.2) is 0 Å². The topological polar surface area (TPSA) is 168 Å². The maximum absolute atomic E-state index is 11.8. The van der Waals surface area contributed by atoms with Crippen LogP contribution in [0.2, 0.25) is 0 Å². The van der Waals surface area contributed by atoms with Crippen molar-refractivity contribution in [2.75, 3.05) is 0 Å². The van der Waals surface area contributed by atoms with Crippen molar-refractivity contribution >= 4 is 0 Å². The fraction of sp³-hybridized carbons (Fsp3) is 1.00. The standard InChI is InChI=1S/C29H53NO7/c1-5-7-15-10-14(8-6-9-28(2,3)4)18-12-16-11-17-13-19(31)22(27(30)36)26(35)29(17,37)25(34)20(16)24(33)21(18)23(15)32/h14-27,31-37H,5-13,30H2,1-4H3. The number of nitrogens with two attached hydrogens (primary N) is 1. The molecule has 37 heavy (non-hydrogen) atoms. The summed E-state index contributed by atoms with van der Waals surface area (Å²) in [5.74, 6) is -2.32. The molecule has 0 spiro atoms. The van der Waals surface area contributed by atoms with E-state index in [1.54, 1.807) is 0 Å². The minimum absolute atomic E-state index is 0.0877. The summed E-state index contributed by atoms with van der Waals surface area (Å²) in [6.45, 7) is 8.87. The Hall–Kier alpha value is -0.320. The first-order chi connectivity index (χ1) is 17.2. The van der Waals surface area contributed by atoms with Crippen LogP contribution in [0.5, 0.6) is 0 Å². The van der Waals surface area contributed by atoms with E-state index in [0.29, 0.717) is 12.3 Å². The first-order valence-electron chi connectivity index (χ1n) is 14.8. The number of fused-ring (bicyclic) bond motifs is 3. The van der Waals surface area contributed by atoms with Gasteiger partial charge < -0.3 is 41.5 Å². The molecule has 0 radical (unpaired) electrons. The van der Waals surface area contributed by atoms with Crippen molar-refractivity contribution in [1.29, 1.82) is 0 Å². The van der Waals surface area contributed by atoms with Crippen LogP contribution in [0.1, 0.15) is 85.5 Å². The first-order valence-corrected chi connectivity index (χ1v) is 14.8. The fourth-order valence-corrected chi connectivity index (χ4v) is 9.20. The fourth-order valence-electron chi connectivity index (χ4n) is 9.20. The lowest BCUT2D eigenvalue weighted by atomic mass is 9.47. The van der Waals surface area contributed by atoms with Gasteiger partial charge in [-0.1, -0.05) is 47.0 Å². The Bertz CT molecular complexity index is 774. The molecule has 0 aromatic rings. The molecule has 4 aliphatic carbocycles. The van der Waals surface area contributed by atoms with Crippen LogP contribution in [0.3, 0.4) is 0 Å². The van der Waals surface area contributed by atoms with Crippen molar-refractivity contribution in [3.8, 4) is 0 Å². The molecule has 0 bridgehead atoms. The predicted octanol–water partition coefficient (Wildman–Crippen LogP) is 1.36. The second kappa shape index (κ2) is 10.9. The second-order valence-corrected chi connectivity index (χ2v) is 14.4. The van der Waals surface area contributed by atoms with Gasteiger partial charge in [-0.25, -0.2) is 0 Å². The molecule has 0 aromatic carbocycles. The quantitative estimate of drug-likeness (QED) is 0.240. The summed E-state index contributed by atoms with van der Waals surface area (Å²) in [6, 6.07) is 0. The minimum atomic E-state index is -1.99. The molecule has 0 heterocycles. The lowest BCUT2D eigenvalue weighted by Gasteiger charge is -2.63. The highest BCUT2D eigenvalue weighted by Crippen LogP contribution is 2.59. The molecular weight excluding hydrogens is 474 g/mol. The van der Waals surface area contributed by atoms with Gasteiger partial charge in [0.2, 0.25) is 0 Å². The molecule has 9 N–H and O–H groups in total. The normalized spacial score (nSPS) is 51.1. The van der Waals surface area contributed by atoms with Crippen LogP contribution in [0, 0.1) is 52.8 Å². The largest absolute Gasteiger partial charge is 0.393 e. The van der Waals surface area contributed by atoms with E-state index in [1.165, 1.54) is 0 Å². The number of aliphatic hydroxyl groups is 7. The van der Waals surface area contributed by atoms with Crippen LogP contribution in [-0.4, -0.2) is 78.1 Å². The van der Waals surface area contributed by atoms with E-state index in [2.05, 4.69) is 27.7 Å². The third-order valence-corrected chi connectivity index (χ3v) is 10.9. The average molecular weight is 528 g/mol. The van der Waals surface area contributed by atoms with Gasteiger partial charge in [0.05, 0.1) is 36.4 Å². The van der Waals surface area contributed by atoms with Crippen LogP contribution in [-0.2, 0) is 0 Å². The van der Waals surface area contributed by atoms with Crippen molar-refractivity contribution in [3.63, 3.8) is 0 Å². The Labute approximate surface area is 222 Å². The van der Waals surface area contributed by atoms with Crippen molar-refractivity contribution in [2.24, 2.45) is 58.5 Å². The highest BCUT2D eigenvalue weighted by Gasteiger charge is 2.67. The van der Waals surface area contributed by atoms with E-state index in [-0.39, 0.29) is 35.5 Å². The monoisotopic (exact) mass is 527 g/mol. The lowest BCUT2D eigenvalue weighted by molar-refractivity contribution is -0.296. The summed E-state index contributed by atoms with van der Waals surface area (Å²) in [7, 11) is 0. The Balaban J connectivity index is 1.62. The van der Waals surface area contributed by atoms with E-state index in [4.69, 9.17) is 5.73 Å². The summed E-state index contributed by atoms with van der Waals surface area (Å²) in [4.78, 5) is 0. The molecule has 0 saturated heterocycles. The molecule has 15 atom stereocenters. The minimum Gasteiger partial charge on any atom is -0.393 e. The summed E-state index contributed by atoms with van der Waals surface area (Å²) in [5.41, 5.74) is 3.89. The van der Waals surface area contributed by atoms with Crippen molar-refractivity contribution < 1.29 is 35.7 Å². The zero-order valence-electron chi connectivity index (χ0n) is 23.2. The smallest absolute Gasteiger partial charge is 0.120 e. The molecule has 4 saturated carbocycles. The Morgan fingerprint density at radius 1 is 0.865 bits per heavy atom. The summed E-state index contributed by atoms with van der Waals surface area (Å²) < 4.78 is 0. The Morgan fingerprint density at radius 3 is 2.14 bits per heavy atom. The van der Waals surface area contributed by atoms with E-state index >= 15 is 0 Å². The van der Waals surface area contributed by atoms with Gasteiger partial charge in [0.1, 0.15) is 11.8 Å². The van der Waals surface area contributed by atoms with Gasteiger partial charge in [0.25, 0.3) is 0 Å². The highest BCUT2D eigenvalue weighted by molar-refractivity contribution is 5.16. The molecular formula is C29H53NO7. The molecule has 15 unspecified atom stereocenters. The average Bonchev–Trinajstić information content (AvgIpc) is 2.78. The molecule has 4 rings (SSSR count). The van der Waals surface area contributed by atoms with E-state index in [0.717, 1.165) is 44.9 Å². The molecule has 4 aliphatic rings. The SMILES string of the molecule is CCCC1CC(CCCC(C)(C)C)C2CC3CC4CC(O)C(C(N)O)C(O)C4(O)C(O)C3C(O)C2C1O. The Morgan fingerprint density at radius 2 is 1.54 bits per heavy atom. The van der Waals surface area contributed by atoms with Crippen LogP contribution >= 0.6 is 0 Å². The van der Waals surface area contributed by atoms with Crippen LogP contribution < -0.4 is 5.73 Å². The van der Waals surface area contributed by atoms with E-state index in [9.17, 15) is 35.7 Å².